The molecule has 1 aliphatic heterocycles. The van der Waals surface area contributed by atoms with Gasteiger partial charge in [0, 0.05) is 17.0 Å². The van der Waals surface area contributed by atoms with Gasteiger partial charge >= 0.3 is 5.97 Å². The topological polar surface area (TPSA) is 29.5 Å². The third kappa shape index (κ3) is 3.73. The van der Waals surface area contributed by atoms with E-state index in [2.05, 4.69) is 22.6 Å². The second kappa shape index (κ2) is 4.79. The van der Waals surface area contributed by atoms with Gasteiger partial charge in [-0.05, 0) is 33.6 Å². The third-order valence-corrected chi connectivity index (χ3v) is 3.45. The zero-order valence-electron chi connectivity index (χ0n) is 9.05. The second-order valence-corrected chi connectivity index (χ2v) is 6.49. The molecule has 0 spiro atoms. The van der Waals surface area contributed by atoms with Crippen LogP contribution >= 0.6 is 22.6 Å². The van der Waals surface area contributed by atoms with Crippen LogP contribution < -0.4 is 0 Å². The van der Waals surface area contributed by atoms with Gasteiger partial charge in [-0.2, -0.15) is 0 Å². The lowest BCUT2D eigenvalue weighted by molar-refractivity contribution is -0.203. The Balaban J connectivity index is 2.35. The molecule has 0 aromatic carbocycles. The van der Waals surface area contributed by atoms with Crippen LogP contribution in [0, 0.1) is 5.41 Å². The predicted octanol–water partition coefficient (Wildman–Crippen LogP) is 2.39. The summed E-state index contributed by atoms with van der Waals surface area (Å²) in [6.45, 7) is 7.37. The lowest BCUT2D eigenvalue weighted by Gasteiger charge is -2.30. The highest BCUT2D eigenvalue weighted by Gasteiger charge is 2.27. The van der Waals surface area contributed by atoms with Crippen LogP contribution in [0.5, 0.6) is 0 Å². The van der Waals surface area contributed by atoms with Crippen molar-refractivity contribution < 1.29 is 9.63 Å². The van der Waals surface area contributed by atoms with Crippen molar-refractivity contribution >= 4 is 28.6 Å². The SMILES string of the molecule is CC(C)(C)C(=O)ON1CCC(I)CC1. The summed E-state index contributed by atoms with van der Waals surface area (Å²) in [5.41, 5.74) is -0.402. The first-order valence-corrected chi connectivity index (χ1v) is 6.25. The minimum atomic E-state index is -0.402. The normalized spacial score (nSPS) is 20.9. The molecule has 0 bridgehead atoms. The average molecular weight is 311 g/mol. The van der Waals surface area contributed by atoms with Crippen molar-refractivity contribution in [2.45, 2.75) is 37.5 Å². The monoisotopic (exact) mass is 311 g/mol. The van der Waals surface area contributed by atoms with Gasteiger partial charge in [-0.25, -0.2) is 4.79 Å². The molecule has 14 heavy (non-hydrogen) atoms. The van der Waals surface area contributed by atoms with Gasteiger partial charge in [-0.15, -0.1) is 5.06 Å². The maximum atomic E-state index is 11.5. The van der Waals surface area contributed by atoms with E-state index in [0.29, 0.717) is 0 Å². The van der Waals surface area contributed by atoms with E-state index in [4.69, 9.17) is 4.84 Å². The van der Waals surface area contributed by atoms with Gasteiger partial charge in [0.25, 0.3) is 0 Å². The molecule has 1 aliphatic rings. The first-order valence-electron chi connectivity index (χ1n) is 5.01. The highest BCUT2D eigenvalue weighted by atomic mass is 127. The Labute approximate surface area is 99.3 Å². The van der Waals surface area contributed by atoms with Crippen LogP contribution in [0.2, 0.25) is 0 Å². The molecule has 1 saturated heterocycles. The Morgan fingerprint density at radius 3 is 2.29 bits per heavy atom. The van der Waals surface area contributed by atoms with E-state index < -0.39 is 5.41 Å². The smallest absolute Gasteiger partial charge is 0.330 e. The Kier molecular flexibility index (Phi) is 4.18. The van der Waals surface area contributed by atoms with Crippen molar-refractivity contribution in [1.82, 2.24) is 5.06 Å². The van der Waals surface area contributed by atoms with Crippen molar-refractivity contribution in [3.63, 3.8) is 0 Å². The van der Waals surface area contributed by atoms with Gasteiger partial charge in [0.2, 0.25) is 0 Å². The quantitative estimate of drug-likeness (QED) is 0.550. The molecule has 1 fully saturated rings. The van der Waals surface area contributed by atoms with Crippen LogP contribution in [0.3, 0.4) is 0 Å². The number of hydrogen-bond donors (Lipinski definition) is 0. The summed E-state index contributed by atoms with van der Waals surface area (Å²) >= 11 is 2.45. The number of carbonyl (C=O) groups is 1. The zero-order chi connectivity index (χ0) is 10.8. The van der Waals surface area contributed by atoms with Gasteiger partial charge < -0.3 is 4.84 Å². The molecule has 0 atom stereocenters. The molecule has 3 nitrogen and oxygen atoms in total. The number of rotatable bonds is 1. The molecule has 0 amide bonds. The van der Waals surface area contributed by atoms with E-state index in [1.807, 2.05) is 20.8 Å². The summed E-state index contributed by atoms with van der Waals surface area (Å²) in [5, 5.41) is 1.79. The number of hydrogen-bond acceptors (Lipinski definition) is 3. The van der Waals surface area contributed by atoms with E-state index >= 15 is 0 Å². The van der Waals surface area contributed by atoms with Crippen LogP contribution in [0.1, 0.15) is 33.6 Å². The number of alkyl halides is 1. The van der Waals surface area contributed by atoms with Crippen molar-refractivity contribution in [2.75, 3.05) is 13.1 Å². The molecule has 0 aliphatic carbocycles. The molecule has 0 aromatic heterocycles. The maximum Gasteiger partial charge on any atom is 0.330 e. The molecule has 0 saturated carbocycles. The fourth-order valence-electron chi connectivity index (χ4n) is 1.17. The standard InChI is InChI=1S/C10H18INO2/c1-10(2,3)9(13)14-12-6-4-8(11)5-7-12/h8H,4-7H2,1-3H3. The largest absolute Gasteiger partial charge is 0.367 e. The van der Waals surface area contributed by atoms with Crippen molar-refractivity contribution in [1.29, 1.82) is 0 Å². The summed E-state index contributed by atoms with van der Waals surface area (Å²) in [6, 6.07) is 0. The van der Waals surface area contributed by atoms with E-state index in [0.717, 1.165) is 29.9 Å². The van der Waals surface area contributed by atoms with Crippen LogP contribution in [0.15, 0.2) is 0 Å². The van der Waals surface area contributed by atoms with Crippen LogP contribution in [-0.4, -0.2) is 28.0 Å². The molecule has 1 heterocycles. The number of halogens is 1. The fourth-order valence-corrected chi connectivity index (χ4v) is 1.73. The molecular formula is C10H18INO2. The number of nitrogens with zero attached hydrogens (tertiary/aromatic N) is 1. The van der Waals surface area contributed by atoms with E-state index in [1.54, 1.807) is 5.06 Å². The maximum absolute atomic E-state index is 11.5. The van der Waals surface area contributed by atoms with Gasteiger partial charge in [0.15, 0.2) is 0 Å². The lowest BCUT2D eigenvalue weighted by Crippen LogP contribution is -2.38. The van der Waals surface area contributed by atoms with Crippen LogP contribution in [0.25, 0.3) is 0 Å². The van der Waals surface area contributed by atoms with Crippen LogP contribution in [0.4, 0.5) is 0 Å². The van der Waals surface area contributed by atoms with E-state index in [-0.39, 0.29) is 5.97 Å². The molecule has 0 unspecified atom stereocenters. The fraction of sp³-hybridized carbons (Fsp3) is 0.900. The number of hydroxylamine groups is 2. The molecule has 1 rings (SSSR count). The average Bonchev–Trinajstić information content (AvgIpc) is 2.07. The summed E-state index contributed by atoms with van der Waals surface area (Å²) in [4.78, 5) is 16.8. The van der Waals surface area contributed by atoms with E-state index in [9.17, 15) is 4.79 Å². The van der Waals surface area contributed by atoms with Crippen molar-refractivity contribution in [3.05, 3.63) is 0 Å². The Hall–Kier alpha value is 0.160. The van der Waals surface area contributed by atoms with Crippen molar-refractivity contribution in [2.24, 2.45) is 5.41 Å². The summed E-state index contributed by atoms with van der Waals surface area (Å²) in [6.07, 6.45) is 2.22. The van der Waals surface area contributed by atoms with Gasteiger partial charge in [0.1, 0.15) is 0 Å². The minimum Gasteiger partial charge on any atom is -0.367 e. The Morgan fingerprint density at radius 1 is 1.36 bits per heavy atom. The zero-order valence-corrected chi connectivity index (χ0v) is 11.2. The predicted molar refractivity (Wildman–Crippen MR) is 64.2 cm³/mol. The summed E-state index contributed by atoms with van der Waals surface area (Å²) in [7, 11) is 0. The van der Waals surface area contributed by atoms with Crippen molar-refractivity contribution in [3.8, 4) is 0 Å². The molecule has 82 valence electrons. The second-order valence-electron chi connectivity index (χ2n) is 4.73. The van der Waals surface area contributed by atoms with E-state index in [1.165, 1.54) is 0 Å². The van der Waals surface area contributed by atoms with Crippen LogP contribution in [-0.2, 0) is 9.63 Å². The molecule has 0 N–H and O–H groups in total. The van der Waals surface area contributed by atoms with Gasteiger partial charge in [-0.1, -0.05) is 22.6 Å². The van der Waals surface area contributed by atoms with Gasteiger partial charge in [-0.3, -0.25) is 0 Å². The molecular weight excluding hydrogens is 293 g/mol. The first kappa shape index (κ1) is 12.2. The highest BCUT2D eigenvalue weighted by Crippen LogP contribution is 2.21. The number of carbonyl (C=O) groups excluding carboxylic acids is 1. The molecule has 4 heteroatoms. The third-order valence-electron chi connectivity index (χ3n) is 2.21. The first-order chi connectivity index (χ1) is 6.39. The summed E-state index contributed by atoms with van der Waals surface area (Å²) in [5.74, 6) is -0.135. The number of piperidine rings is 1. The summed E-state index contributed by atoms with van der Waals surface area (Å²) < 4.78 is 0.734. The highest BCUT2D eigenvalue weighted by molar-refractivity contribution is 14.1. The molecule has 0 aromatic rings. The minimum absolute atomic E-state index is 0.135. The Morgan fingerprint density at radius 2 is 1.86 bits per heavy atom. The Bertz CT molecular complexity index is 205. The molecule has 0 radical (unpaired) electrons. The lowest BCUT2D eigenvalue weighted by atomic mass is 9.98. The van der Waals surface area contributed by atoms with Gasteiger partial charge in [0.05, 0.1) is 5.41 Å².